The van der Waals surface area contributed by atoms with Gasteiger partial charge in [0.05, 0.1) is 25.0 Å². The lowest BCUT2D eigenvalue weighted by atomic mass is 9.55. The van der Waals surface area contributed by atoms with Crippen molar-refractivity contribution in [1.82, 2.24) is 10.6 Å². The summed E-state index contributed by atoms with van der Waals surface area (Å²) >= 11 is 13.9. The Kier molecular flexibility index (Phi) is 9.01. The molecule has 52 heavy (non-hydrogen) atoms. The summed E-state index contributed by atoms with van der Waals surface area (Å²) < 4.78 is 24.7. The summed E-state index contributed by atoms with van der Waals surface area (Å²) in [4.78, 5) is 29.4. The lowest BCUT2D eigenvalue weighted by Crippen LogP contribution is -2.67. The van der Waals surface area contributed by atoms with E-state index < -0.39 is 34.2 Å². The van der Waals surface area contributed by atoms with Gasteiger partial charge in [-0.05, 0) is 97.2 Å². The Balaban J connectivity index is 1.26. The third kappa shape index (κ3) is 5.17. The van der Waals surface area contributed by atoms with Gasteiger partial charge in [0.2, 0.25) is 11.4 Å². The Morgan fingerprint density at radius 2 is 0.981 bits per heavy atom. The molecule has 0 amide bonds. The molecule has 2 aliphatic heterocycles. The van der Waals surface area contributed by atoms with Gasteiger partial charge in [-0.3, -0.25) is 10.6 Å². The van der Waals surface area contributed by atoms with Crippen LogP contribution in [0.15, 0.2) is 84.9 Å². The Morgan fingerprint density at radius 1 is 0.577 bits per heavy atom. The molecule has 4 aromatic rings. The van der Waals surface area contributed by atoms with Crippen LogP contribution < -0.4 is 20.1 Å². The van der Waals surface area contributed by atoms with E-state index in [1.807, 2.05) is 84.9 Å². The van der Waals surface area contributed by atoms with E-state index in [1.165, 1.54) is 0 Å². The number of benzene rings is 4. The SMILES string of the molecule is COc1ccc2c(c1)C(OC(=O)C(=O)OC1(C3(c4ccccc4Cl)CCC3)NCCc3ccc(OC)cc31)(C1(c3ccccc3Cl)CCC1)NCC2. The first kappa shape index (κ1) is 35.0. The molecule has 2 aliphatic carbocycles. The van der Waals surface area contributed by atoms with Crippen molar-refractivity contribution in [3.63, 3.8) is 0 Å². The number of esters is 2. The second kappa shape index (κ2) is 13.4. The lowest BCUT2D eigenvalue weighted by molar-refractivity contribution is -0.214. The van der Waals surface area contributed by atoms with Gasteiger partial charge in [-0.15, -0.1) is 0 Å². The van der Waals surface area contributed by atoms with E-state index in [0.717, 1.165) is 46.2 Å². The predicted molar refractivity (Wildman–Crippen MR) is 199 cm³/mol. The zero-order valence-electron chi connectivity index (χ0n) is 29.4. The van der Waals surface area contributed by atoms with Crippen LogP contribution in [0.2, 0.25) is 10.0 Å². The van der Waals surface area contributed by atoms with Gasteiger partial charge < -0.3 is 18.9 Å². The minimum Gasteiger partial charge on any atom is -0.497 e. The summed E-state index contributed by atoms with van der Waals surface area (Å²) in [6, 6.07) is 27.0. The Labute approximate surface area is 314 Å². The molecule has 10 heteroatoms. The Hall–Kier alpha value is -4.08. The normalized spacial score (nSPS) is 23.8. The van der Waals surface area contributed by atoms with Gasteiger partial charge in [0, 0.05) is 34.3 Å². The summed E-state index contributed by atoms with van der Waals surface area (Å²) in [6.07, 6.45) is 5.90. The largest absolute Gasteiger partial charge is 0.497 e. The highest BCUT2D eigenvalue weighted by molar-refractivity contribution is 6.32. The number of fused-ring (bicyclic) bond motifs is 2. The maximum absolute atomic E-state index is 14.7. The van der Waals surface area contributed by atoms with Gasteiger partial charge in [-0.1, -0.05) is 84.6 Å². The van der Waals surface area contributed by atoms with E-state index >= 15 is 0 Å². The molecule has 4 aliphatic rings. The van der Waals surface area contributed by atoms with E-state index in [1.54, 1.807) is 14.2 Å². The van der Waals surface area contributed by atoms with Gasteiger partial charge in [-0.2, -0.15) is 0 Å². The van der Waals surface area contributed by atoms with Crippen LogP contribution in [0, 0.1) is 0 Å². The molecule has 2 unspecified atom stereocenters. The molecule has 2 saturated carbocycles. The quantitative estimate of drug-likeness (QED) is 0.141. The molecule has 2 N–H and O–H groups in total. The first-order chi connectivity index (χ1) is 25.2. The Bertz CT molecular complexity index is 1900. The van der Waals surface area contributed by atoms with Gasteiger partial charge in [0.1, 0.15) is 11.5 Å². The summed E-state index contributed by atoms with van der Waals surface area (Å²) in [5, 5.41) is 8.36. The first-order valence-electron chi connectivity index (χ1n) is 18.0. The van der Waals surface area contributed by atoms with Crippen molar-refractivity contribution in [1.29, 1.82) is 0 Å². The van der Waals surface area contributed by atoms with Crippen molar-refractivity contribution < 1.29 is 28.5 Å². The number of carbonyl (C=O) groups is 2. The Morgan fingerprint density at radius 3 is 1.33 bits per heavy atom. The minimum absolute atomic E-state index is 0.516. The highest BCUT2D eigenvalue weighted by atomic mass is 35.5. The molecular formula is C42H42Cl2N2O6. The van der Waals surface area contributed by atoms with Crippen molar-refractivity contribution in [3.05, 3.63) is 128 Å². The number of nitrogens with one attached hydrogen (secondary N) is 2. The third-order valence-electron chi connectivity index (χ3n) is 12.1. The number of ether oxygens (including phenoxy) is 4. The maximum Gasteiger partial charge on any atom is 0.419 e. The zero-order chi connectivity index (χ0) is 36.1. The summed E-state index contributed by atoms with van der Waals surface area (Å²) in [5.41, 5.74) is 0.759. The fourth-order valence-electron chi connectivity index (χ4n) is 9.37. The molecule has 8 nitrogen and oxygen atoms in total. The van der Waals surface area contributed by atoms with Gasteiger partial charge in [-0.25, -0.2) is 9.59 Å². The standard InChI is InChI=1S/C42H42Cl2N2O6/c1-49-29-15-13-27-17-23-45-41(33(27)25-29,39(19-7-20-39)31-9-3-5-11-35(31)43)51-37(47)38(48)52-42(34-26-30(50-2)16-14-28(34)18-24-46-42)40(21-8-22-40)32-10-4-6-12-36(32)44/h3-6,9-16,25-26,45-46H,7-8,17-24H2,1-2H3. The molecule has 8 rings (SSSR count). The molecule has 0 aromatic heterocycles. The average molecular weight is 742 g/mol. The molecule has 2 atom stereocenters. The molecule has 270 valence electrons. The fourth-order valence-corrected chi connectivity index (χ4v) is 10.0. The van der Waals surface area contributed by atoms with Gasteiger partial charge >= 0.3 is 11.9 Å². The number of hydrogen-bond donors (Lipinski definition) is 2. The minimum atomic E-state index is -1.44. The maximum atomic E-state index is 14.7. The van der Waals surface area contributed by atoms with Gasteiger partial charge in [0.25, 0.3) is 0 Å². The van der Waals surface area contributed by atoms with Crippen LogP contribution in [-0.4, -0.2) is 39.2 Å². The van der Waals surface area contributed by atoms with Crippen LogP contribution in [0.4, 0.5) is 0 Å². The number of hydrogen-bond acceptors (Lipinski definition) is 8. The fraction of sp³-hybridized carbons (Fsp3) is 0.381. The molecule has 2 heterocycles. The van der Waals surface area contributed by atoms with Crippen LogP contribution in [-0.2, 0) is 54.2 Å². The number of halogens is 2. The van der Waals surface area contributed by atoms with Crippen LogP contribution in [0.5, 0.6) is 11.5 Å². The summed E-state index contributed by atoms with van der Waals surface area (Å²) in [7, 11) is 3.21. The van der Waals surface area contributed by atoms with Crippen LogP contribution in [0.3, 0.4) is 0 Å². The average Bonchev–Trinajstić information content (AvgIpc) is 3.12. The summed E-state index contributed by atoms with van der Waals surface area (Å²) in [5.74, 6) is -0.985. The van der Waals surface area contributed by atoms with E-state index in [2.05, 4.69) is 10.6 Å². The second-order valence-electron chi connectivity index (χ2n) is 14.4. The van der Waals surface area contributed by atoms with E-state index in [0.29, 0.717) is 73.2 Å². The topological polar surface area (TPSA) is 95.1 Å². The van der Waals surface area contributed by atoms with E-state index in [-0.39, 0.29) is 0 Å². The highest BCUT2D eigenvalue weighted by Crippen LogP contribution is 2.61. The number of rotatable bonds is 8. The van der Waals surface area contributed by atoms with Crippen molar-refractivity contribution in [2.24, 2.45) is 0 Å². The van der Waals surface area contributed by atoms with Crippen molar-refractivity contribution in [2.45, 2.75) is 73.6 Å². The molecule has 0 bridgehead atoms. The van der Waals surface area contributed by atoms with Crippen molar-refractivity contribution in [2.75, 3.05) is 27.3 Å². The number of carbonyl (C=O) groups excluding carboxylic acids is 2. The molecule has 0 radical (unpaired) electrons. The van der Waals surface area contributed by atoms with Crippen molar-refractivity contribution >= 4 is 35.1 Å². The first-order valence-corrected chi connectivity index (χ1v) is 18.8. The number of methoxy groups -OCH3 is 2. The van der Waals surface area contributed by atoms with Crippen LogP contribution in [0.1, 0.15) is 71.9 Å². The van der Waals surface area contributed by atoms with Crippen molar-refractivity contribution in [3.8, 4) is 11.5 Å². The second-order valence-corrected chi connectivity index (χ2v) is 15.2. The smallest absolute Gasteiger partial charge is 0.419 e. The lowest BCUT2D eigenvalue weighted by Gasteiger charge is -2.58. The summed E-state index contributed by atoms with van der Waals surface area (Å²) in [6.45, 7) is 1.03. The molecule has 4 aromatic carbocycles. The van der Waals surface area contributed by atoms with Crippen LogP contribution in [0.25, 0.3) is 0 Å². The molecular weight excluding hydrogens is 699 g/mol. The highest BCUT2D eigenvalue weighted by Gasteiger charge is 2.65. The predicted octanol–water partition coefficient (Wildman–Crippen LogP) is 7.64. The molecule has 0 saturated heterocycles. The molecule has 2 fully saturated rings. The zero-order valence-corrected chi connectivity index (χ0v) is 30.9. The van der Waals surface area contributed by atoms with E-state index in [9.17, 15) is 9.59 Å². The monoisotopic (exact) mass is 740 g/mol. The van der Waals surface area contributed by atoms with Gasteiger partial charge in [0.15, 0.2) is 0 Å². The molecule has 0 spiro atoms. The third-order valence-corrected chi connectivity index (χ3v) is 12.8. The van der Waals surface area contributed by atoms with E-state index in [4.69, 9.17) is 42.1 Å². The van der Waals surface area contributed by atoms with Crippen LogP contribution >= 0.6 is 23.2 Å².